The Morgan fingerprint density at radius 1 is 1.19 bits per heavy atom. The molecule has 0 spiro atoms. The average molecular weight is 351 g/mol. The number of halogens is 1. The van der Waals surface area contributed by atoms with Gasteiger partial charge in [-0.3, -0.25) is 0 Å². The fourth-order valence-corrected chi connectivity index (χ4v) is 4.22. The summed E-state index contributed by atoms with van der Waals surface area (Å²) in [6.07, 6.45) is 12.6. The Morgan fingerprint density at radius 2 is 2.08 bits per heavy atom. The molecule has 1 saturated heterocycles. The average Bonchev–Trinajstić information content (AvgIpc) is 3.34. The smallest absolute Gasteiger partial charge is 0.186 e. The predicted molar refractivity (Wildman–Crippen MR) is 99.3 cm³/mol. The molecular formula is C20H22FN5. The number of anilines is 1. The third-order valence-corrected chi connectivity index (χ3v) is 5.76. The second-order valence-electron chi connectivity index (χ2n) is 7.21. The highest BCUT2D eigenvalue weighted by Crippen LogP contribution is 2.39. The van der Waals surface area contributed by atoms with Gasteiger partial charge in [-0.05, 0) is 56.0 Å². The maximum absolute atomic E-state index is 14.0. The van der Waals surface area contributed by atoms with Gasteiger partial charge in [0, 0.05) is 42.7 Å². The molecule has 6 heteroatoms. The van der Waals surface area contributed by atoms with Gasteiger partial charge in [0.05, 0.1) is 6.67 Å². The van der Waals surface area contributed by atoms with Crippen molar-refractivity contribution in [1.29, 1.82) is 0 Å². The van der Waals surface area contributed by atoms with Crippen molar-refractivity contribution in [1.82, 2.24) is 19.4 Å². The first kappa shape index (κ1) is 15.5. The summed E-state index contributed by atoms with van der Waals surface area (Å²) in [5, 5.41) is 0. The first-order valence-corrected chi connectivity index (χ1v) is 9.10. The molecule has 0 bridgehead atoms. The van der Waals surface area contributed by atoms with Crippen molar-refractivity contribution in [2.45, 2.75) is 39.6 Å². The van der Waals surface area contributed by atoms with E-state index in [1.54, 1.807) is 6.07 Å². The molecule has 0 saturated carbocycles. The van der Waals surface area contributed by atoms with Crippen LogP contribution in [0.15, 0.2) is 42.6 Å². The number of rotatable bonds is 2. The van der Waals surface area contributed by atoms with Crippen molar-refractivity contribution >= 4 is 11.8 Å². The molecule has 0 amide bonds. The summed E-state index contributed by atoms with van der Waals surface area (Å²) < 4.78 is 16.1. The SMILES string of the molecule is Cc1c(F)ccc(N2C=C3CCCN3C2N2C=Cc3nccn3C2)c1C. The third kappa shape index (κ3) is 2.18. The predicted octanol–water partition coefficient (Wildman–Crippen LogP) is 3.62. The first-order chi connectivity index (χ1) is 12.6. The Balaban J connectivity index is 1.56. The van der Waals surface area contributed by atoms with E-state index in [0.717, 1.165) is 42.3 Å². The molecule has 3 aliphatic rings. The summed E-state index contributed by atoms with van der Waals surface area (Å²) in [4.78, 5) is 11.4. The molecule has 26 heavy (non-hydrogen) atoms. The van der Waals surface area contributed by atoms with Crippen LogP contribution in [-0.4, -0.2) is 32.2 Å². The van der Waals surface area contributed by atoms with Gasteiger partial charge in [-0.2, -0.15) is 0 Å². The molecule has 1 aromatic carbocycles. The van der Waals surface area contributed by atoms with Crippen LogP contribution in [0.1, 0.15) is 29.8 Å². The molecule has 5 rings (SSSR count). The fourth-order valence-electron chi connectivity index (χ4n) is 4.22. The minimum Gasteiger partial charge on any atom is -0.336 e. The summed E-state index contributed by atoms with van der Waals surface area (Å²) in [7, 11) is 0. The Bertz CT molecular complexity index is 928. The first-order valence-electron chi connectivity index (χ1n) is 9.10. The highest BCUT2D eigenvalue weighted by atomic mass is 19.1. The van der Waals surface area contributed by atoms with Crippen molar-refractivity contribution in [2.24, 2.45) is 0 Å². The number of allylic oxidation sites excluding steroid dienone is 1. The zero-order chi connectivity index (χ0) is 17.8. The monoisotopic (exact) mass is 351 g/mol. The van der Waals surface area contributed by atoms with E-state index in [2.05, 4.69) is 42.7 Å². The van der Waals surface area contributed by atoms with Crippen molar-refractivity contribution in [3.8, 4) is 0 Å². The van der Waals surface area contributed by atoms with Crippen LogP contribution in [0.3, 0.4) is 0 Å². The van der Waals surface area contributed by atoms with E-state index >= 15 is 0 Å². The molecule has 0 aliphatic carbocycles. The van der Waals surface area contributed by atoms with E-state index < -0.39 is 0 Å². The Hall–Kier alpha value is -2.76. The van der Waals surface area contributed by atoms with E-state index in [1.165, 1.54) is 12.1 Å². The van der Waals surface area contributed by atoms with Crippen LogP contribution in [-0.2, 0) is 6.67 Å². The summed E-state index contributed by atoms with van der Waals surface area (Å²) in [6, 6.07) is 3.48. The van der Waals surface area contributed by atoms with E-state index in [-0.39, 0.29) is 12.1 Å². The number of fused-ring (bicyclic) bond motifs is 2. The molecule has 1 fully saturated rings. The standard InChI is InChI=1S/C20H22FN5/c1-14-15(2)18(6-5-17(14)21)26-12-16-4-3-9-25(16)20(26)24-10-7-19-22-8-11-23(19)13-24/h5-8,10-12,20H,3-4,9,13H2,1-2H3. The minimum atomic E-state index is -0.143. The maximum Gasteiger partial charge on any atom is 0.186 e. The van der Waals surface area contributed by atoms with Gasteiger partial charge >= 0.3 is 0 Å². The van der Waals surface area contributed by atoms with Gasteiger partial charge in [-0.1, -0.05) is 0 Å². The molecule has 3 aliphatic heterocycles. The number of imidazole rings is 1. The normalized spacial score (nSPS) is 21.3. The lowest BCUT2D eigenvalue weighted by molar-refractivity contribution is 0.110. The lowest BCUT2D eigenvalue weighted by atomic mass is 10.1. The molecule has 0 radical (unpaired) electrons. The van der Waals surface area contributed by atoms with Gasteiger partial charge in [-0.15, -0.1) is 0 Å². The summed E-state index contributed by atoms with van der Waals surface area (Å²) in [5.41, 5.74) is 4.15. The van der Waals surface area contributed by atoms with Gasteiger partial charge in [-0.25, -0.2) is 9.37 Å². The molecule has 2 aromatic rings. The Morgan fingerprint density at radius 3 is 2.96 bits per heavy atom. The summed E-state index contributed by atoms with van der Waals surface area (Å²) in [5.74, 6) is 0.838. The fraction of sp³-hybridized carbons (Fsp3) is 0.350. The summed E-state index contributed by atoms with van der Waals surface area (Å²) in [6.45, 7) is 5.66. The molecule has 1 aromatic heterocycles. The molecule has 5 nitrogen and oxygen atoms in total. The number of aromatic nitrogens is 2. The Kier molecular flexibility index (Phi) is 3.35. The van der Waals surface area contributed by atoms with Crippen LogP contribution >= 0.6 is 0 Å². The van der Waals surface area contributed by atoms with Crippen LogP contribution in [0.25, 0.3) is 6.08 Å². The van der Waals surface area contributed by atoms with Gasteiger partial charge in [0.2, 0.25) is 0 Å². The molecule has 4 heterocycles. The van der Waals surface area contributed by atoms with E-state index in [4.69, 9.17) is 0 Å². The lowest BCUT2D eigenvalue weighted by Gasteiger charge is -2.41. The quantitative estimate of drug-likeness (QED) is 0.826. The van der Waals surface area contributed by atoms with E-state index in [9.17, 15) is 4.39 Å². The topological polar surface area (TPSA) is 27.5 Å². The van der Waals surface area contributed by atoms with Crippen molar-refractivity contribution in [3.63, 3.8) is 0 Å². The van der Waals surface area contributed by atoms with Crippen LogP contribution in [0.5, 0.6) is 0 Å². The summed E-state index contributed by atoms with van der Waals surface area (Å²) >= 11 is 0. The van der Waals surface area contributed by atoms with Crippen LogP contribution in [0.2, 0.25) is 0 Å². The van der Waals surface area contributed by atoms with Gasteiger partial charge in [0.25, 0.3) is 0 Å². The molecule has 134 valence electrons. The molecule has 1 unspecified atom stereocenters. The van der Waals surface area contributed by atoms with Crippen LogP contribution in [0, 0.1) is 19.7 Å². The molecular weight excluding hydrogens is 329 g/mol. The van der Waals surface area contributed by atoms with Gasteiger partial charge < -0.3 is 19.3 Å². The zero-order valence-electron chi connectivity index (χ0n) is 15.1. The van der Waals surface area contributed by atoms with Crippen LogP contribution < -0.4 is 4.90 Å². The van der Waals surface area contributed by atoms with E-state index in [1.807, 2.05) is 32.3 Å². The van der Waals surface area contributed by atoms with Crippen molar-refractivity contribution in [3.05, 3.63) is 65.4 Å². The highest BCUT2D eigenvalue weighted by Gasteiger charge is 2.39. The minimum absolute atomic E-state index is 0.0721. The second-order valence-corrected chi connectivity index (χ2v) is 7.21. The van der Waals surface area contributed by atoms with Crippen LogP contribution in [0.4, 0.5) is 10.1 Å². The van der Waals surface area contributed by atoms with Crippen molar-refractivity contribution in [2.75, 3.05) is 11.4 Å². The van der Waals surface area contributed by atoms with Crippen molar-refractivity contribution < 1.29 is 4.39 Å². The number of hydrogen-bond acceptors (Lipinski definition) is 4. The number of benzene rings is 1. The van der Waals surface area contributed by atoms with E-state index in [0.29, 0.717) is 0 Å². The maximum atomic E-state index is 14.0. The zero-order valence-corrected chi connectivity index (χ0v) is 15.1. The Labute approximate surface area is 152 Å². The number of nitrogens with zero attached hydrogens (tertiary/aromatic N) is 5. The van der Waals surface area contributed by atoms with Gasteiger partial charge in [0.1, 0.15) is 11.6 Å². The molecule has 1 atom stereocenters. The number of hydrogen-bond donors (Lipinski definition) is 0. The lowest BCUT2D eigenvalue weighted by Crippen LogP contribution is -2.51. The third-order valence-electron chi connectivity index (χ3n) is 5.76. The van der Waals surface area contributed by atoms with Gasteiger partial charge in [0.15, 0.2) is 6.29 Å². The largest absolute Gasteiger partial charge is 0.336 e. The second kappa shape index (κ2) is 5.62. The highest BCUT2D eigenvalue weighted by molar-refractivity contribution is 5.61. The molecule has 0 N–H and O–H groups in total.